The minimum atomic E-state index is 0.754. The highest BCUT2D eigenvalue weighted by Crippen LogP contribution is 2.32. The molecule has 0 amide bonds. The van der Waals surface area contributed by atoms with Gasteiger partial charge in [0.25, 0.3) is 0 Å². The lowest BCUT2D eigenvalue weighted by molar-refractivity contribution is 0.461. The van der Waals surface area contributed by atoms with Crippen molar-refractivity contribution >= 4 is 0 Å². The fourth-order valence-corrected chi connectivity index (χ4v) is 2.52. The van der Waals surface area contributed by atoms with Crippen LogP contribution in [0.4, 0.5) is 0 Å². The van der Waals surface area contributed by atoms with E-state index in [2.05, 4.69) is 37.3 Å². The van der Waals surface area contributed by atoms with Crippen molar-refractivity contribution in [2.24, 2.45) is 11.8 Å². The van der Waals surface area contributed by atoms with Crippen LogP contribution in [-0.2, 0) is 0 Å². The van der Waals surface area contributed by atoms with E-state index in [1.807, 2.05) is 0 Å². The van der Waals surface area contributed by atoms with Crippen molar-refractivity contribution in [2.75, 3.05) is 0 Å². The summed E-state index contributed by atoms with van der Waals surface area (Å²) in [7, 11) is 0. The van der Waals surface area contributed by atoms with Gasteiger partial charge in [-0.25, -0.2) is 0 Å². The minimum absolute atomic E-state index is 0.754. The Morgan fingerprint density at radius 3 is 2.86 bits per heavy atom. The summed E-state index contributed by atoms with van der Waals surface area (Å²) in [6.45, 7) is 2.39. The van der Waals surface area contributed by atoms with E-state index in [9.17, 15) is 0 Å². The fourth-order valence-electron chi connectivity index (χ4n) is 2.52. The molecular weight excluding hydrogens is 168 g/mol. The van der Waals surface area contributed by atoms with E-state index in [1.54, 1.807) is 5.57 Å². The van der Waals surface area contributed by atoms with Crippen LogP contribution in [0.1, 0.15) is 39.0 Å². The molecule has 2 atom stereocenters. The highest BCUT2D eigenvalue weighted by atomic mass is 14.2. The molecule has 2 aliphatic carbocycles. The largest absolute Gasteiger partial charge is 0.0850 e. The minimum Gasteiger partial charge on any atom is -0.0850 e. The molecule has 0 saturated carbocycles. The summed E-state index contributed by atoms with van der Waals surface area (Å²) in [5.41, 5.74) is 1.71. The summed E-state index contributed by atoms with van der Waals surface area (Å²) < 4.78 is 0. The predicted molar refractivity (Wildman–Crippen MR) is 62.1 cm³/mol. The molecule has 0 radical (unpaired) electrons. The van der Waals surface area contributed by atoms with Crippen LogP contribution in [0.5, 0.6) is 0 Å². The lowest BCUT2D eigenvalue weighted by Crippen LogP contribution is -2.14. The van der Waals surface area contributed by atoms with Crippen molar-refractivity contribution in [3.8, 4) is 0 Å². The Hall–Kier alpha value is -0.780. The molecule has 0 fully saturated rings. The Bertz CT molecular complexity index is 268. The summed E-state index contributed by atoms with van der Waals surface area (Å²) in [4.78, 5) is 0. The number of allylic oxidation sites excluding steroid dienone is 6. The van der Waals surface area contributed by atoms with E-state index in [0.29, 0.717) is 0 Å². The van der Waals surface area contributed by atoms with Gasteiger partial charge in [-0.1, -0.05) is 42.9 Å². The molecular formula is C14H20. The second-order valence-corrected chi connectivity index (χ2v) is 4.53. The molecule has 2 unspecified atom stereocenters. The molecule has 0 spiro atoms. The van der Waals surface area contributed by atoms with Crippen LogP contribution < -0.4 is 0 Å². The molecule has 2 rings (SSSR count). The molecule has 0 N–H and O–H groups in total. The van der Waals surface area contributed by atoms with Gasteiger partial charge >= 0.3 is 0 Å². The van der Waals surface area contributed by atoms with Crippen LogP contribution in [0, 0.1) is 11.8 Å². The van der Waals surface area contributed by atoms with E-state index in [1.165, 1.54) is 32.1 Å². The zero-order valence-corrected chi connectivity index (χ0v) is 9.08. The lowest BCUT2D eigenvalue weighted by atomic mass is 9.79. The molecule has 0 aromatic rings. The summed E-state index contributed by atoms with van der Waals surface area (Å²) >= 11 is 0. The Labute approximate surface area is 87.4 Å². The first-order valence-electron chi connectivity index (χ1n) is 5.90. The summed E-state index contributed by atoms with van der Waals surface area (Å²) in [6.07, 6.45) is 18.2. The second kappa shape index (κ2) is 4.63. The topological polar surface area (TPSA) is 0 Å². The molecule has 14 heavy (non-hydrogen) atoms. The van der Waals surface area contributed by atoms with Crippen molar-refractivity contribution in [3.05, 3.63) is 36.0 Å². The molecule has 2 aliphatic rings. The van der Waals surface area contributed by atoms with Gasteiger partial charge in [0.1, 0.15) is 0 Å². The van der Waals surface area contributed by atoms with E-state index in [0.717, 1.165) is 11.8 Å². The quantitative estimate of drug-likeness (QED) is 0.568. The molecule has 0 heteroatoms. The van der Waals surface area contributed by atoms with E-state index in [-0.39, 0.29) is 0 Å². The SMILES string of the molecule is CC(C1=CCCCC1)C1C=CC=CC1. The highest BCUT2D eigenvalue weighted by molar-refractivity contribution is 5.18. The third-order valence-corrected chi connectivity index (χ3v) is 3.57. The van der Waals surface area contributed by atoms with Crippen LogP contribution in [0.3, 0.4) is 0 Å². The molecule has 0 aromatic carbocycles. The maximum atomic E-state index is 2.49. The van der Waals surface area contributed by atoms with Crippen molar-refractivity contribution in [2.45, 2.75) is 39.0 Å². The Balaban J connectivity index is 1.99. The molecule has 0 saturated heterocycles. The van der Waals surface area contributed by atoms with Gasteiger partial charge in [-0.3, -0.25) is 0 Å². The van der Waals surface area contributed by atoms with Crippen LogP contribution >= 0.6 is 0 Å². The first-order valence-corrected chi connectivity index (χ1v) is 5.90. The predicted octanol–water partition coefficient (Wildman–Crippen LogP) is 4.26. The second-order valence-electron chi connectivity index (χ2n) is 4.53. The van der Waals surface area contributed by atoms with Gasteiger partial charge in [-0.15, -0.1) is 0 Å². The van der Waals surface area contributed by atoms with Gasteiger partial charge in [-0.2, -0.15) is 0 Å². The van der Waals surface area contributed by atoms with Gasteiger partial charge in [-0.05, 0) is 43.9 Å². The van der Waals surface area contributed by atoms with Crippen LogP contribution in [0.2, 0.25) is 0 Å². The monoisotopic (exact) mass is 188 g/mol. The third kappa shape index (κ3) is 2.17. The Morgan fingerprint density at radius 2 is 2.21 bits per heavy atom. The normalized spacial score (nSPS) is 28.6. The fraction of sp³-hybridized carbons (Fsp3) is 0.571. The van der Waals surface area contributed by atoms with Crippen molar-refractivity contribution in [3.63, 3.8) is 0 Å². The third-order valence-electron chi connectivity index (χ3n) is 3.57. The molecule has 0 aliphatic heterocycles. The van der Waals surface area contributed by atoms with Crippen LogP contribution in [0.25, 0.3) is 0 Å². The molecule has 76 valence electrons. The average molecular weight is 188 g/mol. The number of hydrogen-bond donors (Lipinski definition) is 0. The van der Waals surface area contributed by atoms with E-state index < -0.39 is 0 Å². The smallest absolute Gasteiger partial charge is 0.0133 e. The Kier molecular flexibility index (Phi) is 3.23. The molecule has 0 heterocycles. The van der Waals surface area contributed by atoms with Gasteiger partial charge in [0.2, 0.25) is 0 Å². The van der Waals surface area contributed by atoms with Crippen molar-refractivity contribution in [1.82, 2.24) is 0 Å². The van der Waals surface area contributed by atoms with Crippen LogP contribution in [-0.4, -0.2) is 0 Å². The Morgan fingerprint density at radius 1 is 1.29 bits per heavy atom. The zero-order chi connectivity index (χ0) is 9.80. The lowest BCUT2D eigenvalue weighted by Gasteiger charge is -2.26. The molecule has 0 nitrogen and oxygen atoms in total. The number of hydrogen-bond acceptors (Lipinski definition) is 0. The maximum absolute atomic E-state index is 2.49. The van der Waals surface area contributed by atoms with E-state index in [4.69, 9.17) is 0 Å². The summed E-state index contributed by atoms with van der Waals surface area (Å²) in [6, 6.07) is 0. The van der Waals surface area contributed by atoms with E-state index >= 15 is 0 Å². The van der Waals surface area contributed by atoms with Crippen molar-refractivity contribution < 1.29 is 0 Å². The maximum Gasteiger partial charge on any atom is -0.0133 e. The zero-order valence-electron chi connectivity index (χ0n) is 9.08. The van der Waals surface area contributed by atoms with Crippen molar-refractivity contribution in [1.29, 1.82) is 0 Å². The van der Waals surface area contributed by atoms with Gasteiger partial charge < -0.3 is 0 Å². The highest BCUT2D eigenvalue weighted by Gasteiger charge is 2.19. The van der Waals surface area contributed by atoms with Gasteiger partial charge in [0.15, 0.2) is 0 Å². The van der Waals surface area contributed by atoms with Gasteiger partial charge in [0.05, 0.1) is 0 Å². The first kappa shape index (κ1) is 9.76. The van der Waals surface area contributed by atoms with Gasteiger partial charge in [0, 0.05) is 0 Å². The summed E-state index contributed by atoms with van der Waals surface area (Å²) in [5.74, 6) is 1.51. The van der Waals surface area contributed by atoms with Crippen LogP contribution in [0.15, 0.2) is 36.0 Å². The first-order chi connectivity index (χ1) is 6.88. The molecule has 0 bridgehead atoms. The summed E-state index contributed by atoms with van der Waals surface area (Å²) in [5, 5.41) is 0. The molecule has 0 aromatic heterocycles. The average Bonchev–Trinajstić information content (AvgIpc) is 2.30. The number of rotatable bonds is 2. The standard InChI is InChI=1S/C14H20/c1-12(13-8-4-2-5-9-13)14-10-6-3-7-11-14/h2,4-5,8,10,12-13H,3,6-7,9,11H2,1H3.